The van der Waals surface area contributed by atoms with Gasteiger partial charge in [-0.25, -0.2) is 9.97 Å². The molecule has 3 heterocycles. The van der Waals surface area contributed by atoms with Gasteiger partial charge in [-0.3, -0.25) is 0 Å². The van der Waals surface area contributed by atoms with Crippen LogP contribution in [0.1, 0.15) is 62.0 Å². The fourth-order valence-corrected chi connectivity index (χ4v) is 9.13. The first-order valence-electron chi connectivity index (χ1n) is 17.2. The normalized spacial score (nSPS) is 22.1. The van der Waals surface area contributed by atoms with E-state index in [0.29, 0.717) is 5.92 Å². The standard InChI is InChI=1S/C44H40N4/c1-25-14-10-11-17-30(25)34-24-36(46-43(45-34)29-15-8-7-9-16-29)44(5)23-22-26(2)37-27(3)38-33-21-20-32-31-18-12-13-19-35(31)48(6)42(32)41(33)47-40(38)28(4)39(37)44/h7-24,26-28,47H,1-6H3. The summed E-state index contributed by atoms with van der Waals surface area (Å²) in [5, 5.41) is 3.94. The van der Waals surface area contributed by atoms with Gasteiger partial charge in [0.2, 0.25) is 0 Å². The number of nitrogens with zero attached hydrogens (tertiary/aromatic N) is 3. The van der Waals surface area contributed by atoms with E-state index in [-0.39, 0.29) is 11.8 Å². The van der Waals surface area contributed by atoms with E-state index in [1.54, 1.807) is 0 Å². The third-order valence-corrected chi connectivity index (χ3v) is 11.5. The van der Waals surface area contributed by atoms with E-state index in [0.717, 1.165) is 28.3 Å². The van der Waals surface area contributed by atoms with Crippen molar-refractivity contribution in [3.05, 3.63) is 143 Å². The van der Waals surface area contributed by atoms with Gasteiger partial charge < -0.3 is 9.55 Å². The molecule has 236 valence electrons. The van der Waals surface area contributed by atoms with Gasteiger partial charge in [-0.05, 0) is 48.6 Å². The van der Waals surface area contributed by atoms with Crippen LogP contribution in [0.5, 0.6) is 0 Å². The topological polar surface area (TPSA) is 46.5 Å². The fraction of sp³-hybridized carbons (Fsp3) is 0.227. The molecule has 9 rings (SSSR count). The summed E-state index contributed by atoms with van der Waals surface area (Å²) < 4.78 is 2.37. The van der Waals surface area contributed by atoms with Gasteiger partial charge in [0.1, 0.15) is 0 Å². The summed E-state index contributed by atoms with van der Waals surface area (Å²) in [6.45, 7) is 11.7. The molecule has 4 atom stereocenters. The Morgan fingerprint density at radius 1 is 0.771 bits per heavy atom. The lowest BCUT2D eigenvalue weighted by Gasteiger charge is -2.44. The Morgan fingerprint density at radius 2 is 1.50 bits per heavy atom. The molecular formula is C44H40N4. The van der Waals surface area contributed by atoms with E-state index in [9.17, 15) is 0 Å². The molecule has 2 aliphatic rings. The predicted molar refractivity (Wildman–Crippen MR) is 199 cm³/mol. The average Bonchev–Trinajstić information content (AvgIpc) is 3.65. The Labute approximate surface area is 281 Å². The van der Waals surface area contributed by atoms with Gasteiger partial charge in [0, 0.05) is 62.8 Å². The smallest absolute Gasteiger partial charge is 0.160 e. The van der Waals surface area contributed by atoms with Gasteiger partial charge in [0.05, 0.1) is 22.4 Å². The molecule has 2 aliphatic carbocycles. The van der Waals surface area contributed by atoms with Crippen LogP contribution in [0.4, 0.5) is 0 Å². The lowest BCUT2D eigenvalue weighted by Crippen LogP contribution is -2.35. The number of hydrogen-bond acceptors (Lipinski definition) is 2. The van der Waals surface area contributed by atoms with Crippen molar-refractivity contribution >= 4 is 32.7 Å². The second-order valence-corrected chi connectivity index (χ2v) is 14.2. The van der Waals surface area contributed by atoms with Crippen molar-refractivity contribution in [3.63, 3.8) is 0 Å². The highest BCUT2D eigenvalue weighted by Crippen LogP contribution is 2.56. The number of benzene rings is 4. The Morgan fingerprint density at radius 3 is 2.31 bits per heavy atom. The zero-order valence-corrected chi connectivity index (χ0v) is 28.5. The number of aromatic amines is 1. The SMILES string of the molecule is Cc1ccccc1-c1cc(C2(C)C=CC(C)C3=C2C(C)c2[nH]c4c(ccc5c6ccccc6n(C)c54)c2C3C)nc(-c2ccccc2)n1. The number of H-pyrrole nitrogens is 1. The van der Waals surface area contributed by atoms with E-state index in [1.807, 2.05) is 6.07 Å². The molecule has 7 aromatic rings. The van der Waals surface area contributed by atoms with Gasteiger partial charge in [0.15, 0.2) is 5.82 Å². The number of nitrogens with one attached hydrogen (secondary N) is 1. The second kappa shape index (κ2) is 10.4. The minimum absolute atomic E-state index is 0.179. The van der Waals surface area contributed by atoms with Crippen LogP contribution in [0.15, 0.2) is 120 Å². The van der Waals surface area contributed by atoms with Crippen LogP contribution in [0.25, 0.3) is 55.4 Å². The molecule has 4 nitrogen and oxygen atoms in total. The number of hydrogen-bond donors (Lipinski definition) is 1. The van der Waals surface area contributed by atoms with Crippen molar-refractivity contribution in [3.8, 4) is 22.6 Å². The van der Waals surface area contributed by atoms with Crippen LogP contribution in [-0.4, -0.2) is 19.5 Å². The monoisotopic (exact) mass is 624 g/mol. The van der Waals surface area contributed by atoms with Crippen LogP contribution in [0.3, 0.4) is 0 Å². The largest absolute Gasteiger partial charge is 0.356 e. The Kier molecular flexibility index (Phi) is 6.27. The summed E-state index contributed by atoms with van der Waals surface area (Å²) in [5.41, 5.74) is 14.5. The van der Waals surface area contributed by atoms with E-state index in [2.05, 4.69) is 154 Å². The molecule has 48 heavy (non-hydrogen) atoms. The van der Waals surface area contributed by atoms with Gasteiger partial charge in [-0.15, -0.1) is 0 Å². The van der Waals surface area contributed by atoms with Crippen LogP contribution in [0, 0.1) is 12.8 Å². The first kappa shape index (κ1) is 29.0. The van der Waals surface area contributed by atoms with Gasteiger partial charge in [0.25, 0.3) is 0 Å². The Hall–Kier alpha value is -5.22. The zero-order chi connectivity index (χ0) is 32.9. The summed E-state index contributed by atoms with van der Waals surface area (Å²) in [7, 11) is 2.20. The number of allylic oxidation sites excluding steroid dienone is 4. The minimum Gasteiger partial charge on any atom is -0.356 e. The quantitative estimate of drug-likeness (QED) is 0.199. The van der Waals surface area contributed by atoms with Crippen LogP contribution < -0.4 is 0 Å². The predicted octanol–water partition coefficient (Wildman–Crippen LogP) is 10.9. The molecule has 0 fully saturated rings. The van der Waals surface area contributed by atoms with Crippen molar-refractivity contribution < 1.29 is 0 Å². The molecule has 4 heteroatoms. The van der Waals surface area contributed by atoms with Gasteiger partial charge in [-0.2, -0.15) is 0 Å². The summed E-state index contributed by atoms with van der Waals surface area (Å²) in [5.74, 6) is 1.54. The van der Waals surface area contributed by atoms with E-state index >= 15 is 0 Å². The maximum Gasteiger partial charge on any atom is 0.160 e. The maximum absolute atomic E-state index is 5.40. The number of aromatic nitrogens is 4. The molecule has 0 spiro atoms. The highest BCUT2D eigenvalue weighted by atomic mass is 15.0. The van der Waals surface area contributed by atoms with E-state index in [1.165, 1.54) is 60.7 Å². The number of fused-ring (bicyclic) bond motifs is 7. The van der Waals surface area contributed by atoms with Gasteiger partial charge in [-0.1, -0.05) is 123 Å². The summed E-state index contributed by atoms with van der Waals surface area (Å²) >= 11 is 0. The summed E-state index contributed by atoms with van der Waals surface area (Å²) in [4.78, 5) is 14.6. The molecule has 0 saturated heterocycles. The molecule has 4 unspecified atom stereocenters. The Bertz CT molecular complexity index is 2490. The molecule has 0 radical (unpaired) electrons. The highest BCUT2D eigenvalue weighted by molar-refractivity contribution is 6.17. The van der Waals surface area contributed by atoms with E-state index < -0.39 is 5.41 Å². The minimum atomic E-state index is -0.413. The molecular weight excluding hydrogens is 585 g/mol. The zero-order valence-electron chi connectivity index (χ0n) is 28.5. The van der Waals surface area contributed by atoms with Gasteiger partial charge >= 0.3 is 0 Å². The third-order valence-electron chi connectivity index (χ3n) is 11.5. The second-order valence-electron chi connectivity index (χ2n) is 14.2. The van der Waals surface area contributed by atoms with Crippen molar-refractivity contribution in [2.45, 2.75) is 51.9 Å². The Balaban J connectivity index is 1.27. The molecule has 3 aromatic heterocycles. The lowest BCUT2D eigenvalue weighted by atomic mass is 9.60. The summed E-state index contributed by atoms with van der Waals surface area (Å²) in [6.07, 6.45) is 4.84. The van der Waals surface area contributed by atoms with Crippen molar-refractivity contribution in [1.82, 2.24) is 19.5 Å². The average molecular weight is 625 g/mol. The fourth-order valence-electron chi connectivity index (χ4n) is 9.13. The molecule has 1 N–H and O–H groups in total. The highest BCUT2D eigenvalue weighted by Gasteiger charge is 2.45. The number of para-hydroxylation sites is 1. The molecule has 0 amide bonds. The molecule has 0 bridgehead atoms. The van der Waals surface area contributed by atoms with Crippen LogP contribution >= 0.6 is 0 Å². The van der Waals surface area contributed by atoms with Crippen molar-refractivity contribution in [2.24, 2.45) is 13.0 Å². The molecule has 4 aromatic carbocycles. The van der Waals surface area contributed by atoms with Crippen LogP contribution in [0.2, 0.25) is 0 Å². The van der Waals surface area contributed by atoms with E-state index in [4.69, 9.17) is 9.97 Å². The van der Waals surface area contributed by atoms with Crippen molar-refractivity contribution in [2.75, 3.05) is 0 Å². The van der Waals surface area contributed by atoms with Crippen LogP contribution in [-0.2, 0) is 12.5 Å². The maximum atomic E-state index is 5.40. The van der Waals surface area contributed by atoms with Crippen molar-refractivity contribution in [1.29, 1.82) is 0 Å². The third kappa shape index (κ3) is 3.95. The number of aryl methyl sites for hydroxylation is 2. The number of rotatable bonds is 3. The molecule has 0 saturated carbocycles. The first-order chi connectivity index (χ1) is 23.3. The first-order valence-corrected chi connectivity index (χ1v) is 17.2. The molecule has 0 aliphatic heterocycles. The summed E-state index contributed by atoms with van der Waals surface area (Å²) in [6, 6.07) is 34.6. The lowest BCUT2D eigenvalue weighted by molar-refractivity contribution is 0.527.